The fourth-order valence-corrected chi connectivity index (χ4v) is 2.32. The lowest BCUT2D eigenvalue weighted by Crippen LogP contribution is -2.37. The van der Waals surface area contributed by atoms with E-state index in [1.165, 1.54) is 12.8 Å². The summed E-state index contributed by atoms with van der Waals surface area (Å²) in [6.45, 7) is 2.08. The largest absolute Gasteiger partial charge is 0.339 e. The van der Waals surface area contributed by atoms with Crippen molar-refractivity contribution in [3.8, 4) is 0 Å². The van der Waals surface area contributed by atoms with E-state index < -0.39 is 0 Å². The van der Waals surface area contributed by atoms with Crippen LogP contribution < -0.4 is 11.3 Å². The zero-order valence-corrected chi connectivity index (χ0v) is 12.1. The Morgan fingerprint density at radius 3 is 2.89 bits per heavy atom. The van der Waals surface area contributed by atoms with Gasteiger partial charge in [0.1, 0.15) is 0 Å². The van der Waals surface area contributed by atoms with E-state index in [1.807, 2.05) is 7.05 Å². The summed E-state index contributed by atoms with van der Waals surface area (Å²) in [4.78, 5) is 18.3. The topological polar surface area (TPSA) is 71.2 Å². The number of carbonyl (C=O) groups excluding carboxylic acids is 1. The van der Waals surface area contributed by atoms with Crippen LogP contribution in [0.1, 0.15) is 30.1 Å². The van der Waals surface area contributed by atoms with Crippen molar-refractivity contribution in [3.05, 3.63) is 22.3 Å². The smallest absolute Gasteiger partial charge is 0.257 e. The standard InChI is InChI=1S/C12H17BrN4O/c1-7(8-3-4-8)17(2)12(18)10-5-9(13)6-15-11(10)16-14/h5-8H,3-4,14H2,1-2H3,(H,15,16). The zero-order valence-electron chi connectivity index (χ0n) is 10.5. The monoisotopic (exact) mass is 312 g/mol. The van der Waals surface area contributed by atoms with E-state index >= 15 is 0 Å². The molecule has 18 heavy (non-hydrogen) atoms. The van der Waals surface area contributed by atoms with Crippen molar-refractivity contribution < 1.29 is 4.79 Å². The lowest BCUT2D eigenvalue weighted by molar-refractivity contribution is 0.0728. The molecule has 1 aromatic rings. The van der Waals surface area contributed by atoms with E-state index in [-0.39, 0.29) is 11.9 Å². The fraction of sp³-hybridized carbons (Fsp3) is 0.500. The fourth-order valence-electron chi connectivity index (χ4n) is 1.99. The van der Waals surface area contributed by atoms with Crippen molar-refractivity contribution in [2.24, 2.45) is 11.8 Å². The van der Waals surface area contributed by atoms with Gasteiger partial charge < -0.3 is 10.3 Å². The molecule has 0 aliphatic heterocycles. The van der Waals surface area contributed by atoms with Crippen molar-refractivity contribution in [2.75, 3.05) is 12.5 Å². The second kappa shape index (κ2) is 5.24. The third-order valence-electron chi connectivity index (χ3n) is 3.46. The van der Waals surface area contributed by atoms with Crippen LogP contribution in [-0.4, -0.2) is 28.9 Å². The molecule has 1 fully saturated rings. The van der Waals surface area contributed by atoms with Gasteiger partial charge in [-0.3, -0.25) is 4.79 Å². The number of nitrogens with one attached hydrogen (secondary N) is 1. The predicted molar refractivity (Wildman–Crippen MR) is 74.0 cm³/mol. The maximum Gasteiger partial charge on any atom is 0.257 e. The van der Waals surface area contributed by atoms with Crippen molar-refractivity contribution >= 4 is 27.7 Å². The van der Waals surface area contributed by atoms with Crippen LogP contribution in [0.5, 0.6) is 0 Å². The molecular formula is C12H17BrN4O. The van der Waals surface area contributed by atoms with Gasteiger partial charge in [-0.15, -0.1) is 0 Å². The van der Waals surface area contributed by atoms with Crippen LogP contribution in [0, 0.1) is 5.92 Å². The maximum absolute atomic E-state index is 12.4. The molecule has 1 saturated carbocycles. The van der Waals surface area contributed by atoms with Gasteiger partial charge in [0.05, 0.1) is 5.56 Å². The molecule has 1 heterocycles. The maximum atomic E-state index is 12.4. The number of amides is 1. The summed E-state index contributed by atoms with van der Waals surface area (Å²) >= 11 is 3.32. The lowest BCUT2D eigenvalue weighted by Gasteiger charge is -2.25. The number of anilines is 1. The highest BCUT2D eigenvalue weighted by Gasteiger charge is 2.33. The number of nitrogen functional groups attached to an aromatic ring is 1. The highest BCUT2D eigenvalue weighted by molar-refractivity contribution is 9.10. The quantitative estimate of drug-likeness (QED) is 0.659. The summed E-state index contributed by atoms with van der Waals surface area (Å²) in [5, 5.41) is 0. The Balaban J connectivity index is 2.23. The Kier molecular flexibility index (Phi) is 3.87. The van der Waals surface area contributed by atoms with Gasteiger partial charge in [-0.25, -0.2) is 10.8 Å². The Labute approximate surface area is 115 Å². The van der Waals surface area contributed by atoms with Gasteiger partial charge in [-0.2, -0.15) is 0 Å². The van der Waals surface area contributed by atoms with Crippen molar-refractivity contribution in [3.63, 3.8) is 0 Å². The molecule has 1 atom stereocenters. The molecule has 1 amide bonds. The first-order valence-corrected chi connectivity index (χ1v) is 6.73. The first kappa shape index (κ1) is 13.3. The summed E-state index contributed by atoms with van der Waals surface area (Å²) < 4.78 is 0.761. The molecule has 1 aliphatic rings. The highest BCUT2D eigenvalue weighted by Crippen LogP contribution is 2.35. The number of pyridine rings is 1. The lowest BCUT2D eigenvalue weighted by atomic mass is 10.1. The Bertz CT molecular complexity index is 461. The molecule has 2 rings (SSSR count). The number of nitrogens with two attached hydrogens (primary N) is 1. The molecule has 1 aliphatic carbocycles. The normalized spacial score (nSPS) is 16.2. The van der Waals surface area contributed by atoms with Gasteiger partial charge in [0.15, 0.2) is 5.82 Å². The molecule has 6 heteroatoms. The third kappa shape index (κ3) is 2.64. The number of rotatable bonds is 4. The summed E-state index contributed by atoms with van der Waals surface area (Å²) in [6, 6.07) is 1.99. The highest BCUT2D eigenvalue weighted by atomic mass is 79.9. The van der Waals surface area contributed by atoms with Crippen LogP contribution in [0.4, 0.5) is 5.82 Å². The van der Waals surface area contributed by atoms with Crippen LogP contribution in [0.2, 0.25) is 0 Å². The van der Waals surface area contributed by atoms with Gasteiger partial charge in [0.2, 0.25) is 0 Å². The third-order valence-corrected chi connectivity index (χ3v) is 3.89. The van der Waals surface area contributed by atoms with Crippen LogP contribution in [0.15, 0.2) is 16.7 Å². The molecule has 5 nitrogen and oxygen atoms in total. The van der Waals surface area contributed by atoms with Crippen LogP contribution in [-0.2, 0) is 0 Å². The molecule has 0 radical (unpaired) electrons. The van der Waals surface area contributed by atoms with E-state index in [0.717, 1.165) is 4.47 Å². The predicted octanol–water partition coefficient (Wildman–Crippen LogP) is 2.00. The summed E-state index contributed by atoms with van der Waals surface area (Å²) in [5.41, 5.74) is 2.95. The minimum absolute atomic E-state index is 0.0591. The SMILES string of the molecule is CC(C1CC1)N(C)C(=O)c1cc(Br)cnc1NN. The number of carbonyl (C=O) groups is 1. The number of hydrogen-bond donors (Lipinski definition) is 2. The molecule has 0 saturated heterocycles. The van der Waals surface area contributed by atoms with Gasteiger partial charge >= 0.3 is 0 Å². The van der Waals surface area contributed by atoms with E-state index in [0.29, 0.717) is 17.3 Å². The number of hydrogen-bond acceptors (Lipinski definition) is 4. The number of halogens is 1. The first-order chi connectivity index (χ1) is 8.54. The molecule has 0 aromatic carbocycles. The molecular weight excluding hydrogens is 296 g/mol. The van der Waals surface area contributed by atoms with E-state index in [1.54, 1.807) is 17.2 Å². The number of nitrogens with zero attached hydrogens (tertiary/aromatic N) is 2. The van der Waals surface area contributed by atoms with Gasteiger partial charge in [-0.1, -0.05) is 0 Å². The van der Waals surface area contributed by atoms with E-state index in [9.17, 15) is 4.79 Å². The van der Waals surface area contributed by atoms with Crippen molar-refractivity contribution in [2.45, 2.75) is 25.8 Å². The minimum Gasteiger partial charge on any atom is -0.339 e. The molecule has 3 N–H and O–H groups in total. The molecule has 1 unspecified atom stereocenters. The van der Waals surface area contributed by atoms with Gasteiger partial charge in [-0.05, 0) is 47.7 Å². The van der Waals surface area contributed by atoms with Crippen LogP contribution in [0.25, 0.3) is 0 Å². The van der Waals surface area contributed by atoms with E-state index in [2.05, 4.69) is 33.3 Å². The van der Waals surface area contributed by atoms with Gasteiger partial charge in [0, 0.05) is 23.8 Å². The van der Waals surface area contributed by atoms with E-state index in [4.69, 9.17) is 5.84 Å². The summed E-state index contributed by atoms with van der Waals surface area (Å²) in [6.07, 6.45) is 4.02. The van der Waals surface area contributed by atoms with Crippen LogP contribution >= 0.6 is 15.9 Å². The number of aromatic nitrogens is 1. The van der Waals surface area contributed by atoms with Crippen molar-refractivity contribution in [1.82, 2.24) is 9.88 Å². The summed E-state index contributed by atoms with van der Waals surface area (Å²) in [5.74, 6) is 6.36. The molecule has 1 aromatic heterocycles. The van der Waals surface area contributed by atoms with Crippen LogP contribution in [0.3, 0.4) is 0 Å². The molecule has 0 bridgehead atoms. The Hall–Kier alpha value is -1.14. The van der Waals surface area contributed by atoms with Crippen molar-refractivity contribution in [1.29, 1.82) is 0 Å². The second-order valence-electron chi connectivity index (χ2n) is 4.69. The first-order valence-electron chi connectivity index (χ1n) is 5.94. The number of hydrazine groups is 1. The summed E-state index contributed by atoms with van der Waals surface area (Å²) in [7, 11) is 1.83. The molecule has 98 valence electrons. The Morgan fingerprint density at radius 1 is 1.67 bits per heavy atom. The average Bonchev–Trinajstić information content (AvgIpc) is 3.20. The van der Waals surface area contributed by atoms with Gasteiger partial charge in [0.25, 0.3) is 5.91 Å². The Morgan fingerprint density at radius 2 is 2.33 bits per heavy atom. The minimum atomic E-state index is -0.0591. The average molecular weight is 313 g/mol. The molecule has 0 spiro atoms. The second-order valence-corrected chi connectivity index (χ2v) is 5.60. The zero-order chi connectivity index (χ0) is 13.3.